The van der Waals surface area contributed by atoms with E-state index in [0.29, 0.717) is 0 Å². The van der Waals surface area contributed by atoms with Gasteiger partial charge in [-0.1, -0.05) is 43.2 Å². The molecule has 0 aliphatic rings. The molecule has 4 heteroatoms. The van der Waals surface area contributed by atoms with Crippen LogP contribution in [0.3, 0.4) is 0 Å². The lowest BCUT2D eigenvalue weighted by molar-refractivity contribution is -0.0700. The molecule has 16 heavy (non-hydrogen) atoms. The summed E-state index contributed by atoms with van der Waals surface area (Å²) in [5, 5.41) is 9.46. The standard InChI is InChI=1S/C12H11F3O/c1-9(10-5-3-2-4-6-10)11(16)7-8-12(13,14)15/h2-6,9,11,16H,1H3. The molecule has 0 saturated carbocycles. The molecule has 1 rings (SSSR count). The molecule has 0 bridgehead atoms. The van der Waals surface area contributed by atoms with Gasteiger partial charge < -0.3 is 5.11 Å². The van der Waals surface area contributed by atoms with Crippen LogP contribution in [-0.4, -0.2) is 17.4 Å². The number of halogens is 3. The van der Waals surface area contributed by atoms with Gasteiger partial charge in [-0.2, -0.15) is 13.2 Å². The van der Waals surface area contributed by atoms with Gasteiger partial charge in [0.1, 0.15) is 6.10 Å². The van der Waals surface area contributed by atoms with E-state index in [2.05, 4.69) is 0 Å². The highest BCUT2D eigenvalue weighted by Crippen LogP contribution is 2.19. The summed E-state index contributed by atoms with van der Waals surface area (Å²) in [6.45, 7) is 1.63. The maximum atomic E-state index is 11.8. The summed E-state index contributed by atoms with van der Waals surface area (Å²) in [6.07, 6.45) is -5.87. The van der Waals surface area contributed by atoms with E-state index in [1.165, 1.54) is 0 Å². The van der Waals surface area contributed by atoms with Gasteiger partial charge in [-0.3, -0.25) is 0 Å². The van der Waals surface area contributed by atoms with E-state index in [4.69, 9.17) is 0 Å². The molecule has 1 nitrogen and oxygen atoms in total. The van der Waals surface area contributed by atoms with E-state index in [1.807, 2.05) is 0 Å². The number of hydrogen-bond donors (Lipinski definition) is 1. The quantitative estimate of drug-likeness (QED) is 0.771. The monoisotopic (exact) mass is 228 g/mol. The Morgan fingerprint density at radius 3 is 2.25 bits per heavy atom. The molecule has 0 aliphatic carbocycles. The second-order valence-corrected chi connectivity index (χ2v) is 3.41. The predicted octanol–water partition coefficient (Wildman–Crippen LogP) is 2.72. The van der Waals surface area contributed by atoms with Crippen molar-refractivity contribution in [2.75, 3.05) is 0 Å². The Bertz CT molecular complexity index is 386. The van der Waals surface area contributed by atoms with Gasteiger partial charge in [-0.15, -0.1) is 0 Å². The number of rotatable bonds is 2. The van der Waals surface area contributed by atoms with E-state index in [1.54, 1.807) is 43.2 Å². The van der Waals surface area contributed by atoms with Crippen molar-refractivity contribution in [3.05, 3.63) is 35.9 Å². The maximum absolute atomic E-state index is 11.8. The molecule has 0 spiro atoms. The maximum Gasteiger partial charge on any atom is 0.457 e. The molecule has 0 saturated heterocycles. The highest BCUT2D eigenvalue weighted by Gasteiger charge is 2.24. The van der Waals surface area contributed by atoms with Crippen molar-refractivity contribution in [2.45, 2.75) is 25.1 Å². The van der Waals surface area contributed by atoms with Crippen LogP contribution in [0.2, 0.25) is 0 Å². The molecule has 2 unspecified atom stereocenters. The minimum atomic E-state index is -4.56. The van der Waals surface area contributed by atoms with Crippen LogP contribution >= 0.6 is 0 Å². The van der Waals surface area contributed by atoms with Gasteiger partial charge in [-0.25, -0.2) is 0 Å². The first-order chi connectivity index (χ1) is 7.40. The van der Waals surface area contributed by atoms with Crippen LogP contribution in [0.1, 0.15) is 18.4 Å². The zero-order chi connectivity index (χ0) is 12.2. The molecule has 0 fully saturated rings. The number of alkyl halides is 3. The third-order valence-corrected chi connectivity index (χ3v) is 2.16. The first-order valence-corrected chi connectivity index (χ1v) is 4.72. The third kappa shape index (κ3) is 3.95. The molecule has 0 aromatic heterocycles. The molecular formula is C12H11F3O. The molecule has 0 amide bonds. The molecule has 1 aromatic carbocycles. The molecule has 0 radical (unpaired) electrons. The summed E-state index contributed by atoms with van der Waals surface area (Å²) in [6, 6.07) is 8.79. The van der Waals surface area contributed by atoms with Crippen molar-refractivity contribution in [1.29, 1.82) is 0 Å². The highest BCUT2D eigenvalue weighted by atomic mass is 19.4. The summed E-state index contributed by atoms with van der Waals surface area (Å²) in [7, 11) is 0. The summed E-state index contributed by atoms with van der Waals surface area (Å²) < 4.78 is 35.4. The lowest BCUT2D eigenvalue weighted by atomic mass is 9.96. The fourth-order valence-electron chi connectivity index (χ4n) is 1.22. The second-order valence-electron chi connectivity index (χ2n) is 3.41. The molecule has 86 valence electrons. The second kappa shape index (κ2) is 5.04. The molecule has 1 aromatic rings. The number of aliphatic hydroxyl groups is 1. The van der Waals surface area contributed by atoms with Crippen molar-refractivity contribution in [3.63, 3.8) is 0 Å². The Kier molecular flexibility index (Phi) is 3.97. The van der Waals surface area contributed by atoms with Gasteiger partial charge in [-0.05, 0) is 5.56 Å². The number of benzene rings is 1. The Morgan fingerprint density at radius 2 is 1.75 bits per heavy atom. The predicted molar refractivity (Wildman–Crippen MR) is 54.7 cm³/mol. The SMILES string of the molecule is CC(c1ccccc1)C(O)C#CC(F)(F)F. The van der Waals surface area contributed by atoms with Gasteiger partial charge >= 0.3 is 6.18 Å². The summed E-state index contributed by atoms with van der Waals surface area (Å²) in [5.41, 5.74) is 0.756. The minimum absolute atomic E-state index is 0.448. The molecule has 0 aliphatic heterocycles. The Balaban J connectivity index is 2.75. The Morgan fingerprint density at radius 1 is 1.19 bits per heavy atom. The Hall–Kier alpha value is -1.47. The summed E-state index contributed by atoms with van der Waals surface area (Å²) in [5.74, 6) is 2.43. The number of hydrogen-bond acceptors (Lipinski definition) is 1. The van der Waals surface area contributed by atoms with Gasteiger partial charge in [0.05, 0.1) is 0 Å². The summed E-state index contributed by atoms with van der Waals surface area (Å²) in [4.78, 5) is 0. The average Bonchev–Trinajstić information content (AvgIpc) is 2.25. The van der Waals surface area contributed by atoms with Crippen molar-refractivity contribution in [3.8, 4) is 11.8 Å². The van der Waals surface area contributed by atoms with Crippen LogP contribution in [0.15, 0.2) is 30.3 Å². The van der Waals surface area contributed by atoms with Crippen LogP contribution in [0.25, 0.3) is 0 Å². The van der Waals surface area contributed by atoms with E-state index < -0.39 is 18.2 Å². The summed E-state index contributed by atoms with van der Waals surface area (Å²) >= 11 is 0. The fourth-order valence-corrected chi connectivity index (χ4v) is 1.22. The molecule has 0 heterocycles. The zero-order valence-electron chi connectivity index (χ0n) is 8.62. The van der Waals surface area contributed by atoms with Gasteiger partial charge in [0.2, 0.25) is 0 Å². The topological polar surface area (TPSA) is 20.2 Å². The fraction of sp³-hybridized carbons (Fsp3) is 0.333. The van der Waals surface area contributed by atoms with Crippen molar-refractivity contribution < 1.29 is 18.3 Å². The van der Waals surface area contributed by atoms with E-state index in [9.17, 15) is 18.3 Å². The molecular weight excluding hydrogens is 217 g/mol. The smallest absolute Gasteiger partial charge is 0.380 e. The lowest BCUT2D eigenvalue weighted by Gasteiger charge is -2.13. The van der Waals surface area contributed by atoms with Gasteiger partial charge in [0, 0.05) is 11.8 Å². The zero-order valence-corrected chi connectivity index (χ0v) is 8.62. The van der Waals surface area contributed by atoms with Crippen LogP contribution < -0.4 is 0 Å². The first kappa shape index (κ1) is 12.6. The van der Waals surface area contributed by atoms with Crippen LogP contribution in [0.4, 0.5) is 13.2 Å². The number of aliphatic hydroxyl groups excluding tert-OH is 1. The third-order valence-electron chi connectivity index (χ3n) is 2.16. The normalized spacial score (nSPS) is 14.8. The van der Waals surface area contributed by atoms with E-state index in [0.717, 1.165) is 11.5 Å². The van der Waals surface area contributed by atoms with E-state index in [-0.39, 0.29) is 0 Å². The minimum Gasteiger partial charge on any atom is -0.380 e. The van der Waals surface area contributed by atoms with Crippen LogP contribution in [0, 0.1) is 11.8 Å². The van der Waals surface area contributed by atoms with Gasteiger partial charge in [0.25, 0.3) is 0 Å². The molecule has 2 atom stereocenters. The molecule has 1 N–H and O–H groups in total. The largest absolute Gasteiger partial charge is 0.457 e. The van der Waals surface area contributed by atoms with Crippen molar-refractivity contribution in [1.82, 2.24) is 0 Å². The van der Waals surface area contributed by atoms with E-state index >= 15 is 0 Å². The average molecular weight is 228 g/mol. The Labute approximate surface area is 91.9 Å². The highest BCUT2D eigenvalue weighted by molar-refractivity contribution is 5.24. The first-order valence-electron chi connectivity index (χ1n) is 4.72. The van der Waals surface area contributed by atoms with Gasteiger partial charge in [0.15, 0.2) is 0 Å². The van der Waals surface area contributed by atoms with Crippen molar-refractivity contribution >= 4 is 0 Å². The van der Waals surface area contributed by atoms with Crippen LogP contribution in [0.5, 0.6) is 0 Å². The lowest BCUT2D eigenvalue weighted by Crippen LogP contribution is -2.15. The van der Waals surface area contributed by atoms with Crippen LogP contribution in [-0.2, 0) is 0 Å². The van der Waals surface area contributed by atoms with Crippen molar-refractivity contribution in [2.24, 2.45) is 0 Å².